The van der Waals surface area contributed by atoms with Gasteiger partial charge in [0.25, 0.3) is 0 Å². The first-order valence-corrected chi connectivity index (χ1v) is 19.8. The second-order valence-corrected chi connectivity index (χ2v) is 13.7. The molecule has 0 spiro atoms. The first kappa shape index (κ1) is 51.9. The van der Waals surface area contributed by atoms with Crippen LogP contribution in [0.3, 0.4) is 0 Å². The van der Waals surface area contributed by atoms with Gasteiger partial charge in [0.1, 0.15) is 24.4 Å². The van der Waals surface area contributed by atoms with Crippen molar-refractivity contribution in [3.05, 3.63) is 0 Å². The number of unbranched alkanes of at least 4 members (excludes halogenated alkanes) is 1. The van der Waals surface area contributed by atoms with Gasteiger partial charge in [0.05, 0.1) is 51.8 Å². The van der Waals surface area contributed by atoms with Crippen molar-refractivity contribution < 1.29 is 63.0 Å². The van der Waals surface area contributed by atoms with E-state index in [1.165, 1.54) is 6.92 Å². The molecule has 13 N–H and O–H groups in total. The molecule has 57 heavy (non-hydrogen) atoms. The van der Waals surface area contributed by atoms with Crippen molar-refractivity contribution in [2.75, 3.05) is 99.2 Å². The number of nitrogens with one attached hydrogen (secondary N) is 6. The van der Waals surface area contributed by atoms with Gasteiger partial charge in [-0.15, -0.1) is 0 Å². The van der Waals surface area contributed by atoms with Crippen molar-refractivity contribution in [1.82, 2.24) is 31.9 Å². The Bertz CT molecular complexity index is 1110. The molecule has 0 saturated carbocycles. The predicted molar refractivity (Wildman–Crippen MR) is 207 cm³/mol. The van der Waals surface area contributed by atoms with Crippen LogP contribution in [0.4, 0.5) is 0 Å². The quantitative estimate of drug-likeness (QED) is 0.0275. The van der Waals surface area contributed by atoms with Gasteiger partial charge in [0.15, 0.2) is 6.29 Å². The summed E-state index contributed by atoms with van der Waals surface area (Å²) in [7, 11) is 1.72. The van der Waals surface area contributed by atoms with E-state index >= 15 is 0 Å². The van der Waals surface area contributed by atoms with Crippen molar-refractivity contribution in [2.45, 2.75) is 101 Å². The average molecular weight is 823 g/mol. The highest BCUT2D eigenvalue weighted by Crippen LogP contribution is 2.22. The number of carbonyl (C=O) groups is 5. The van der Waals surface area contributed by atoms with Crippen LogP contribution in [0.1, 0.15) is 64.7 Å². The van der Waals surface area contributed by atoms with Gasteiger partial charge in [-0.3, -0.25) is 24.0 Å². The summed E-state index contributed by atoms with van der Waals surface area (Å²) in [5, 5.41) is 46.7. The van der Waals surface area contributed by atoms with Crippen molar-refractivity contribution in [1.29, 1.82) is 0 Å². The Kier molecular flexibility index (Phi) is 29.0. The molecule has 1 aliphatic heterocycles. The molecule has 1 saturated heterocycles. The topological polar surface area (TPSA) is 316 Å². The third-order valence-corrected chi connectivity index (χ3v) is 8.82. The Labute approximate surface area is 335 Å². The monoisotopic (exact) mass is 823 g/mol. The number of amides is 5. The van der Waals surface area contributed by atoms with Crippen LogP contribution in [-0.4, -0.2) is 180 Å². The lowest BCUT2D eigenvalue weighted by atomic mass is 9.97. The van der Waals surface area contributed by atoms with E-state index in [-0.39, 0.29) is 95.6 Å². The minimum Gasteiger partial charge on any atom is -0.394 e. The van der Waals surface area contributed by atoms with Crippen LogP contribution in [0, 0.1) is 0 Å². The van der Waals surface area contributed by atoms with E-state index in [2.05, 4.69) is 31.9 Å². The van der Waals surface area contributed by atoms with Crippen LogP contribution < -0.4 is 43.4 Å². The molecule has 1 rings (SSSR count). The lowest BCUT2D eigenvalue weighted by molar-refractivity contribution is -0.270. The molecule has 5 amide bonds. The minimum absolute atomic E-state index is 0.0968. The molecule has 21 nitrogen and oxygen atoms in total. The number of ether oxygens (including phenoxy) is 5. The van der Waals surface area contributed by atoms with E-state index in [4.69, 9.17) is 35.2 Å². The van der Waals surface area contributed by atoms with Crippen LogP contribution in [0.5, 0.6) is 0 Å². The summed E-state index contributed by atoms with van der Waals surface area (Å²) in [6.45, 7) is 4.41. The fourth-order valence-corrected chi connectivity index (χ4v) is 5.40. The smallest absolute Gasteiger partial charge is 0.222 e. The minimum atomic E-state index is -1.40. The summed E-state index contributed by atoms with van der Waals surface area (Å²) in [6, 6.07) is -1.03. The summed E-state index contributed by atoms with van der Waals surface area (Å²) in [5.41, 5.74) is 10.1. The SMILES string of the molecule is CNC(COCCC(=O)NCCCN)(COCCC(=O)NCCCN)COCCC(=O)NCCCNC(=O)CCCCO[C@@H]1OC(CO)[C@H](O)C(O)C1NC(C)=O. The first-order valence-electron chi connectivity index (χ1n) is 19.8. The largest absolute Gasteiger partial charge is 0.394 e. The molecule has 0 radical (unpaired) electrons. The van der Waals surface area contributed by atoms with Crippen LogP contribution >= 0.6 is 0 Å². The van der Waals surface area contributed by atoms with E-state index in [0.717, 1.165) is 0 Å². The Morgan fingerprint density at radius 2 is 1.11 bits per heavy atom. The Morgan fingerprint density at radius 1 is 0.649 bits per heavy atom. The lowest BCUT2D eigenvalue weighted by Crippen LogP contribution is -2.64. The molecule has 3 unspecified atom stereocenters. The van der Waals surface area contributed by atoms with Gasteiger partial charge < -0.3 is 82.4 Å². The van der Waals surface area contributed by atoms with Crippen LogP contribution in [0.15, 0.2) is 0 Å². The Balaban J connectivity index is 2.35. The molecule has 1 fully saturated rings. The molecule has 0 aromatic rings. The van der Waals surface area contributed by atoms with Crippen LogP contribution in [0.2, 0.25) is 0 Å². The maximum absolute atomic E-state index is 12.4. The van der Waals surface area contributed by atoms with Gasteiger partial charge in [-0.25, -0.2) is 0 Å². The summed E-state index contributed by atoms with van der Waals surface area (Å²) in [4.78, 5) is 60.3. The zero-order valence-electron chi connectivity index (χ0n) is 33.7. The predicted octanol–water partition coefficient (Wildman–Crippen LogP) is -4.15. The normalized spacial score (nSPS) is 19.5. The molecule has 332 valence electrons. The third kappa shape index (κ3) is 23.8. The van der Waals surface area contributed by atoms with Gasteiger partial charge in [-0.05, 0) is 52.2 Å². The molecule has 1 heterocycles. The van der Waals surface area contributed by atoms with Gasteiger partial charge in [0, 0.05) is 65.4 Å². The van der Waals surface area contributed by atoms with Gasteiger partial charge >= 0.3 is 0 Å². The number of nitrogens with two attached hydrogens (primary N) is 2. The summed E-state index contributed by atoms with van der Waals surface area (Å²) in [5.74, 6) is -1.13. The maximum atomic E-state index is 12.4. The number of aliphatic hydroxyl groups excluding tert-OH is 3. The molecule has 1 aliphatic rings. The van der Waals surface area contributed by atoms with E-state index in [1.807, 2.05) is 0 Å². The number of hydrogen-bond acceptors (Lipinski definition) is 16. The standard InChI is InChI=1S/C36H70N8O13/c1-26(46)44-32-34(52)33(51)27(22-45)57-35(32)56-18-4-3-8-28(47)42-16-7-17-43-31(50)11-21-55-25-36(39-2,23-53-19-9-29(48)40-14-5-12-37)24-54-20-10-30(49)41-15-6-13-38/h27,32-35,39,45,51-52H,3-25,37-38H2,1-2H3,(H,40,48)(H,41,49)(H,42,47)(H,43,50)(H,44,46)/t27?,32?,33-,34?,35+/m0/s1. The fourth-order valence-electron chi connectivity index (χ4n) is 5.40. The lowest BCUT2D eigenvalue weighted by Gasteiger charge is -2.42. The highest BCUT2D eigenvalue weighted by Gasteiger charge is 2.45. The number of aliphatic hydroxyl groups is 3. The van der Waals surface area contributed by atoms with Gasteiger partial charge in [-0.1, -0.05) is 0 Å². The Morgan fingerprint density at radius 3 is 1.53 bits per heavy atom. The van der Waals surface area contributed by atoms with Crippen molar-refractivity contribution in [3.63, 3.8) is 0 Å². The molecule has 0 aromatic heterocycles. The molecule has 5 atom stereocenters. The molecular weight excluding hydrogens is 752 g/mol. The second kappa shape index (κ2) is 31.8. The zero-order chi connectivity index (χ0) is 42.3. The highest BCUT2D eigenvalue weighted by molar-refractivity contribution is 5.77. The number of hydrogen-bond donors (Lipinski definition) is 11. The summed E-state index contributed by atoms with van der Waals surface area (Å²) in [6.07, 6.45) is -1.45. The zero-order valence-corrected chi connectivity index (χ0v) is 33.7. The van der Waals surface area contributed by atoms with Crippen LogP contribution in [-0.2, 0) is 47.7 Å². The summed E-state index contributed by atoms with van der Waals surface area (Å²) < 4.78 is 28.6. The molecular formula is C36H70N8O13. The first-order chi connectivity index (χ1) is 27.4. The van der Waals surface area contributed by atoms with Crippen molar-refractivity contribution in [2.24, 2.45) is 11.5 Å². The van der Waals surface area contributed by atoms with Crippen molar-refractivity contribution in [3.8, 4) is 0 Å². The molecule has 0 bridgehead atoms. The number of likely N-dealkylation sites (N-methyl/N-ethyl adjacent to an activating group) is 1. The Hall–Kier alpha value is -3.09. The highest BCUT2D eigenvalue weighted by atomic mass is 16.7. The maximum Gasteiger partial charge on any atom is 0.222 e. The van der Waals surface area contributed by atoms with Gasteiger partial charge in [-0.2, -0.15) is 0 Å². The van der Waals surface area contributed by atoms with E-state index < -0.39 is 48.7 Å². The molecule has 0 aromatic carbocycles. The second-order valence-electron chi connectivity index (χ2n) is 13.7. The van der Waals surface area contributed by atoms with Crippen LogP contribution in [0.25, 0.3) is 0 Å². The number of carbonyl (C=O) groups excluding carboxylic acids is 5. The fraction of sp³-hybridized carbons (Fsp3) is 0.861. The van der Waals surface area contributed by atoms with E-state index in [1.54, 1.807) is 7.05 Å². The number of rotatable bonds is 34. The van der Waals surface area contributed by atoms with E-state index in [9.17, 15) is 39.3 Å². The molecule has 21 heteroatoms. The summed E-state index contributed by atoms with van der Waals surface area (Å²) >= 11 is 0. The van der Waals surface area contributed by atoms with Crippen molar-refractivity contribution >= 4 is 29.5 Å². The third-order valence-electron chi connectivity index (χ3n) is 8.82. The average Bonchev–Trinajstić information content (AvgIpc) is 3.18. The molecule has 0 aliphatic carbocycles. The van der Waals surface area contributed by atoms with Gasteiger partial charge in [0.2, 0.25) is 29.5 Å². The van der Waals surface area contributed by atoms with E-state index in [0.29, 0.717) is 71.4 Å².